The lowest BCUT2D eigenvalue weighted by molar-refractivity contribution is -0.131. The van der Waals surface area contributed by atoms with Crippen molar-refractivity contribution < 1.29 is 14.3 Å². The van der Waals surface area contributed by atoms with E-state index >= 15 is 0 Å². The molecular weight excluding hydrogens is 328 g/mol. The second kappa shape index (κ2) is 10.6. The molecule has 0 spiro atoms. The van der Waals surface area contributed by atoms with E-state index in [1.54, 1.807) is 20.2 Å². The summed E-state index contributed by atoms with van der Waals surface area (Å²) in [6, 6.07) is 7.72. The molecule has 0 heterocycles. The van der Waals surface area contributed by atoms with Crippen molar-refractivity contribution in [3.8, 4) is 5.75 Å². The fourth-order valence-corrected chi connectivity index (χ4v) is 3.21. The average molecular weight is 358 g/mol. The molecular formula is C21H30N2O3. The Morgan fingerprint density at radius 1 is 1.19 bits per heavy atom. The predicted molar refractivity (Wildman–Crippen MR) is 104 cm³/mol. The maximum atomic E-state index is 12.2. The standard InChI is InChI=1S/C21H30N2O3/c1-23(16-20(24)22-18-10-6-4-3-5-7-11-18)21(25)14-13-17-9-8-12-19(15-17)26-2/h8-9,12-15,18H,3-7,10-11,16H2,1-2H3,(H,22,24)/b14-13+. The monoisotopic (exact) mass is 358 g/mol. The van der Waals surface area contributed by atoms with Crippen molar-refractivity contribution in [3.63, 3.8) is 0 Å². The fourth-order valence-electron chi connectivity index (χ4n) is 3.21. The summed E-state index contributed by atoms with van der Waals surface area (Å²) in [5.41, 5.74) is 0.880. The summed E-state index contributed by atoms with van der Waals surface area (Å²) < 4.78 is 5.17. The van der Waals surface area contributed by atoms with Crippen LogP contribution in [-0.4, -0.2) is 43.5 Å². The van der Waals surface area contributed by atoms with Crippen LogP contribution in [0, 0.1) is 0 Å². The van der Waals surface area contributed by atoms with Gasteiger partial charge in [0.15, 0.2) is 0 Å². The van der Waals surface area contributed by atoms with Gasteiger partial charge >= 0.3 is 0 Å². The molecule has 2 amide bonds. The van der Waals surface area contributed by atoms with E-state index in [4.69, 9.17) is 4.74 Å². The predicted octanol–water partition coefficient (Wildman–Crippen LogP) is 3.40. The van der Waals surface area contributed by atoms with Crippen molar-refractivity contribution in [1.82, 2.24) is 10.2 Å². The van der Waals surface area contributed by atoms with Gasteiger partial charge in [0.2, 0.25) is 11.8 Å². The van der Waals surface area contributed by atoms with Crippen molar-refractivity contribution in [2.45, 2.75) is 51.0 Å². The molecule has 0 bridgehead atoms. The smallest absolute Gasteiger partial charge is 0.246 e. The molecule has 0 aliphatic heterocycles. The van der Waals surface area contributed by atoms with E-state index in [-0.39, 0.29) is 24.4 Å². The van der Waals surface area contributed by atoms with Gasteiger partial charge < -0.3 is 15.0 Å². The molecule has 0 saturated heterocycles. The van der Waals surface area contributed by atoms with Gasteiger partial charge in [-0.05, 0) is 36.6 Å². The first-order chi connectivity index (χ1) is 12.6. The zero-order valence-corrected chi connectivity index (χ0v) is 15.9. The summed E-state index contributed by atoms with van der Waals surface area (Å²) in [7, 11) is 3.26. The van der Waals surface area contributed by atoms with Crippen LogP contribution in [0.1, 0.15) is 50.5 Å². The van der Waals surface area contributed by atoms with Gasteiger partial charge in [0.1, 0.15) is 5.75 Å². The summed E-state index contributed by atoms with van der Waals surface area (Å²) in [6.45, 7) is 0.0811. The third-order valence-corrected chi connectivity index (χ3v) is 4.74. The largest absolute Gasteiger partial charge is 0.497 e. The lowest BCUT2D eigenvalue weighted by Gasteiger charge is -2.22. The summed E-state index contributed by atoms with van der Waals surface area (Å²) in [6.07, 6.45) is 11.4. The number of carbonyl (C=O) groups excluding carboxylic acids is 2. The highest BCUT2D eigenvalue weighted by Crippen LogP contribution is 2.17. The quantitative estimate of drug-likeness (QED) is 0.793. The highest BCUT2D eigenvalue weighted by molar-refractivity contribution is 5.94. The summed E-state index contributed by atoms with van der Waals surface area (Å²) in [4.78, 5) is 25.9. The second-order valence-electron chi connectivity index (χ2n) is 6.91. The minimum atomic E-state index is -0.194. The minimum Gasteiger partial charge on any atom is -0.497 e. The number of methoxy groups -OCH3 is 1. The summed E-state index contributed by atoms with van der Waals surface area (Å²) in [5, 5.41) is 3.09. The van der Waals surface area contributed by atoms with Crippen molar-refractivity contribution >= 4 is 17.9 Å². The van der Waals surface area contributed by atoms with Gasteiger partial charge in [-0.25, -0.2) is 0 Å². The van der Waals surface area contributed by atoms with Crippen LogP contribution in [0.3, 0.4) is 0 Å². The minimum absolute atomic E-state index is 0.0811. The maximum absolute atomic E-state index is 12.2. The van der Waals surface area contributed by atoms with Gasteiger partial charge in [0.25, 0.3) is 0 Å². The first kappa shape index (κ1) is 20.0. The van der Waals surface area contributed by atoms with E-state index in [0.29, 0.717) is 0 Å². The van der Waals surface area contributed by atoms with Gasteiger partial charge in [-0.2, -0.15) is 0 Å². The van der Waals surface area contributed by atoms with E-state index in [2.05, 4.69) is 5.32 Å². The van der Waals surface area contributed by atoms with Crippen LogP contribution < -0.4 is 10.1 Å². The van der Waals surface area contributed by atoms with Crippen LogP contribution >= 0.6 is 0 Å². The topological polar surface area (TPSA) is 58.6 Å². The van der Waals surface area contributed by atoms with E-state index in [1.807, 2.05) is 24.3 Å². The lowest BCUT2D eigenvalue weighted by atomic mass is 9.97. The highest BCUT2D eigenvalue weighted by atomic mass is 16.5. The Hall–Kier alpha value is -2.30. The van der Waals surface area contributed by atoms with Crippen LogP contribution in [-0.2, 0) is 9.59 Å². The summed E-state index contributed by atoms with van der Waals surface area (Å²) >= 11 is 0. The average Bonchev–Trinajstić information content (AvgIpc) is 2.62. The van der Waals surface area contributed by atoms with E-state index in [1.165, 1.54) is 43.1 Å². The number of rotatable bonds is 6. The van der Waals surface area contributed by atoms with Crippen molar-refractivity contribution in [1.29, 1.82) is 0 Å². The van der Waals surface area contributed by atoms with Crippen LogP contribution in [0.4, 0.5) is 0 Å². The Kier molecular flexibility index (Phi) is 8.19. The molecule has 1 saturated carbocycles. The van der Waals surface area contributed by atoms with E-state index in [0.717, 1.165) is 24.2 Å². The Morgan fingerprint density at radius 3 is 2.58 bits per heavy atom. The molecule has 142 valence electrons. The molecule has 1 N–H and O–H groups in total. The van der Waals surface area contributed by atoms with Crippen LogP contribution in [0.25, 0.3) is 6.08 Å². The SMILES string of the molecule is COc1cccc(/C=C/C(=O)N(C)CC(=O)NC2CCCCCCC2)c1. The first-order valence-electron chi connectivity index (χ1n) is 9.45. The normalized spacial score (nSPS) is 15.9. The number of likely N-dealkylation sites (N-methyl/N-ethyl adjacent to an activating group) is 1. The van der Waals surface area contributed by atoms with Gasteiger partial charge in [-0.15, -0.1) is 0 Å². The second-order valence-corrected chi connectivity index (χ2v) is 6.91. The molecule has 1 aromatic carbocycles. The first-order valence-corrected chi connectivity index (χ1v) is 9.45. The van der Waals surface area contributed by atoms with Gasteiger partial charge in [-0.3, -0.25) is 9.59 Å². The molecule has 1 aliphatic carbocycles. The Morgan fingerprint density at radius 2 is 1.88 bits per heavy atom. The summed E-state index contributed by atoms with van der Waals surface area (Å²) in [5.74, 6) is 0.466. The van der Waals surface area contributed by atoms with Crippen molar-refractivity contribution in [2.75, 3.05) is 20.7 Å². The van der Waals surface area contributed by atoms with E-state index < -0.39 is 0 Å². The zero-order valence-electron chi connectivity index (χ0n) is 15.9. The van der Waals surface area contributed by atoms with Crippen LogP contribution in [0.15, 0.2) is 30.3 Å². The molecule has 0 unspecified atom stereocenters. The molecule has 5 heteroatoms. The highest BCUT2D eigenvalue weighted by Gasteiger charge is 2.16. The van der Waals surface area contributed by atoms with Crippen molar-refractivity contribution in [3.05, 3.63) is 35.9 Å². The molecule has 0 aromatic heterocycles. The molecule has 26 heavy (non-hydrogen) atoms. The van der Waals surface area contributed by atoms with Crippen LogP contribution in [0.5, 0.6) is 5.75 Å². The fraction of sp³-hybridized carbons (Fsp3) is 0.524. The van der Waals surface area contributed by atoms with Crippen molar-refractivity contribution in [2.24, 2.45) is 0 Å². The lowest BCUT2D eigenvalue weighted by Crippen LogP contribution is -2.42. The van der Waals surface area contributed by atoms with Gasteiger partial charge in [0, 0.05) is 19.2 Å². The Bertz CT molecular complexity index is 619. The molecule has 0 radical (unpaired) electrons. The molecule has 1 aromatic rings. The van der Waals surface area contributed by atoms with E-state index in [9.17, 15) is 9.59 Å². The number of nitrogens with one attached hydrogen (secondary N) is 1. The zero-order chi connectivity index (χ0) is 18.8. The third-order valence-electron chi connectivity index (χ3n) is 4.74. The number of carbonyl (C=O) groups is 2. The van der Waals surface area contributed by atoms with Gasteiger partial charge in [0.05, 0.1) is 13.7 Å². The number of hydrogen-bond acceptors (Lipinski definition) is 3. The molecule has 1 fully saturated rings. The number of benzene rings is 1. The number of ether oxygens (including phenoxy) is 1. The molecule has 1 aliphatic rings. The molecule has 0 atom stereocenters. The Balaban J connectivity index is 1.81. The number of nitrogens with zero attached hydrogens (tertiary/aromatic N) is 1. The van der Waals surface area contributed by atoms with Crippen LogP contribution in [0.2, 0.25) is 0 Å². The molecule has 5 nitrogen and oxygen atoms in total. The number of hydrogen-bond donors (Lipinski definition) is 1. The Labute approximate surface area is 156 Å². The maximum Gasteiger partial charge on any atom is 0.246 e. The van der Waals surface area contributed by atoms with Gasteiger partial charge in [-0.1, -0.05) is 44.2 Å². The third kappa shape index (κ3) is 6.90. The number of amides is 2. The molecule has 2 rings (SSSR count).